The highest BCUT2D eigenvalue weighted by Gasteiger charge is 2.33. The van der Waals surface area contributed by atoms with Crippen molar-refractivity contribution in [1.29, 1.82) is 5.26 Å². The number of hydrogen-bond donors (Lipinski definition) is 0. The summed E-state index contributed by atoms with van der Waals surface area (Å²) < 4.78 is 5.98. The summed E-state index contributed by atoms with van der Waals surface area (Å²) in [5.41, 5.74) is 0.809. The predicted octanol–water partition coefficient (Wildman–Crippen LogP) is 4.12. The van der Waals surface area contributed by atoms with Crippen molar-refractivity contribution in [3.8, 4) is 6.07 Å². The first kappa shape index (κ1) is 16.7. The van der Waals surface area contributed by atoms with E-state index in [0.717, 1.165) is 12.0 Å². The van der Waals surface area contributed by atoms with Gasteiger partial charge in [0.15, 0.2) is 0 Å². The minimum absolute atomic E-state index is 0.000253. The minimum atomic E-state index is -0.735. The van der Waals surface area contributed by atoms with Crippen LogP contribution in [0.1, 0.15) is 6.42 Å². The fraction of sp³-hybridized carbons (Fsp3) is 0.190. The van der Waals surface area contributed by atoms with Crippen molar-refractivity contribution in [2.24, 2.45) is 5.92 Å². The Morgan fingerprint density at radius 2 is 1.62 bits per heavy atom. The average Bonchev–Trinajstić information content (AvgIpc) is 2.67. The Bertz CT molecular complexity index is 722. The molecule has 24 heavy (non-hydrogen) atoms. The molecule has 1 aliphatic rings. The van der Waals surface area contributed by atoms with Gasteiger partial charge in [-0.2, -0.15) is 5.26 Å². The third-order valence-electron chi connectivity index (χ3n) is 4.18. The van der Waals surface area contributed by atoms with E-state index in [1.807, 2.05) is 18.2 Å². The third-order valence-corrected chi connectivity index (χ3v) is 6.93. The molecule has 2 aromatic carbocycles. The highest BCUT2D eigenvalue weighted by atomic mass is 31.1. The molecule has 0 saturated heterocycles. The molecule has 2 nitrogen and oxygen atoms in total. The first-order valence-corrected chi connectivity index (χ1v) is 9.45. The molecule has 0 radical (unpaired) electrons. The van der Waals surface area contributed by atoms with Gasteiger partial charge < -0.3 is 4.74 Å². The molecule has 0 heterocycles. The van der Waals surface area contributed by atoms with E-state index in [4.69, 9.17) is 4.74 Å². The standard InChI is InChI=1S/C21H20NOP/c1-23-21(20-15-9-8-10-17(20)16-22)24(18-11-4-2-5-12-18)19-13-6-3-7-14-19/h2-7,9-15,20-21H,8H2,1H3. The van der Waals surface area contributed by atoms with Crippen molar-refractivity contribution in [1.82, 2.24) is 0 Å². The first-order chi connectivity index (χ1) is 11.8. The second kappa shape index (κ2) is 8.06. The number of rotatable bonds is 5. The fourth-order valence-corrected chi connectivity index (χ4v) is 5.73. The van der Waals surface area contributed by atoms with E-state index in [9.17, 15) is 5.26 Å². The van der Waals surface area contributed by atoms with E-state index < -0.39 is 7.92 Å². The molecule has 2 unspecified atom stereocenters. The maximum absolute atomic E-state index is 9.53. The molecule has 0 saturated carbocycles. The second-order valence-corrected chi connectivity index (χ2v) is 7.91. The highest BCUT2D eigenvalue weighted by molar-refractivity contribution is 7.73. The van der Waals surface area contributed by atoms with Crippen LogP contribution in [0, 0.1) is 17.2 Å². The van der Waals surface area contributed by atoms with Crippen molar-refractivity contribution in [3.05, 3.63) is 84.5 Å². The summed E-state index contributed by atoms with van der Waals surface area (Å²) in [6.07, 6.45) is 7.10. The fourth-order valence-electron chi connectivity index (χ4n) is 3.06. The van der Waals surface area contributed by atoms with Crippen LogP contribution in [-0.4, -0.2) is 13.0 Å². The summed E-state index contributed by atoms with van der Waals surface area (Å²) in [6, 6.07) is 23.3. The van der Waals surface area contributed by atoms with Gasteiger partial charge in [-0.15, -0.1) is 0 Å². The van der Waals surface area contributed by atoms with Crippen LogP contribution in [0.5, 0.6) is 0 Å². The smallest absolute Gasteiger partial charge is 0.0954 e. The average molecular weight is 333 g/mol. The van der Waals surface area contributed by atoms with Crippen molar-refractivity contribution in [2.75, 3.05) is 7.11 Å². The van der Waals surface area contributed by atoms with Crippen LogP contribution in [0.15, 0.2) is 84.5 Å². The van der Waals surface area contributed by atoms with Crippen molar-refractivity contribution in [3.63, 3.8) is 0 Å². The number of hydrogen-bond acceptors (Lipinski definition) is 2. The van der Waals surface area contributed by atoms with Crippen molar-refractivity contribution < 1.29 is 4.74 Å². The van der Waals surface area contributed by atoms with E-state index in [0.29, 0.717) is 0 Å². The summed E-state index contributed by atoms with van der Waals surface area (Å²) in [4.78, 5) is 0. The highest BCUT2D eigenvalue weighted by Crippen LogP contribution is 2.46. The maximum atomic E-state index is 9.53. The topological polar surface area (TPSA) is 33.0 Å². The van der Waals surface area contributed by atoms with Crippen molar-refractivity contribution in [2.45, 2.75) is 12.3 Å². The molecule has 0 fully saturated rings. The van der Waals surface area contributed by atoms with E-state index >= 15 is 0 Å². The molecule has 0 spiro atoms. The lowest BCUT2D eigenvalue weighted by atomic mass is 9.95. The Morgan fingerprint density at radius 3 is 2.12 bits per heavy atom. The summed E-state index contributed by atoms with van der Waals surface area (Å²) in [6.45, 7) is 0. The lowest BCUT2D eigenvalue weighted by molar-refractivity contribution is 0.148. The molecular weight excluding hydrogens is 313 g/mol. The summed E-state index contributed by atoms with van der Waals surface area (Å²) >= 11 is 0. The van der Waals surface area contributed by atoms with E-state index in [1.165, 1.54) is 10.6 Å². The van der Waals surface area contributed by atoms with E-state index in [2.05, 4.69) is 66.8 Å². The van der Waals surface area contributed by atoms with Gasteiger partial charge in [0.25, 0.3) is 0 Å². The van der Waals surface area contributed by atoms with E-state index in [1.54, 1.807) is 7.11 Å². The van der Waals surface area contributed by atoms with Crippen LogP contribution >= 0.6 is 7.92 Å². The SMILES string of the molecule is COC(C1C=CCC=C1C#N)P(c1ccccc1)c1ccccc1. The molecule has 0 bridgehead atoms. The van der Waals surface area contributed by atoms with Gasteiger partial charge in [0.05, 0.1) is 11.9 Å². The van der Waals surface area contributed by atoms with Gasteiger partial charge in [-0.25, -0.2) is 0 Å². The number of ether oxygens (including phenoxy) is 1. The predicted molar refractivity (Wildman–Crippen MR) is 101 cm³/mol. The molecule has 3 heteroatoms. The van der Waals surface area contributed by atoms with Crippen LogP contribution in [0.4, 0.5) is 0 Å². The van der Waals surface area contributed by atoms with Gasteiger partial charge in [-0.3, -0.25) is 0 Å². The van der Waals surface area contributed by atoms with Gasteiger partial charge in [0.1, 0.15) is 0 Å². The Kier molecular flexibility index (Phi) is 5.59. The van der Waals surface area contributed by atoms with Gasteiger partial charge in [-0.05, 0) is 25.0 Å². The number of nitriles is 1. The number of allylic oxidation sites excluding steroid dienone is 2. The monoisotopic (exact) mass is 333 g/mol. The Hall–Kier alpha value is -2.20. The summed E-state index contributed by atoms with van der Waals surface area (Å²) in [5.74, 6) is -0.0625. The molecule has 120 valence electrons. The van der Waals surface area contributed by atoms with Crippen molar-refractivity contribution >= 4 is 18.5 Å². The quantitative estimate of drug-likeness (QED) is 0.609. The molecule has 0 aromatic heterocycles. The summed E-state index contributed by atoms with van der Waals surface area (Å²) in [5, 5.41) is 12.1. The second-order valence-electron chi connectivity index (χ2n) is 5.63. The van der Waals surface area contributed by atoms with Crippen LogP contribution in [-0.2, 0) is 4.74 Å². The lowest BCUT2D eigenvalue weighted by Crippen LogP contribution is -2.30. The van der Waals surface area contributed by atoms with Gasteiger partial charge >= 0.3 is 0 Å². The Morgan fingerprint density at radius 1 is 1.04 bits per heavy atom. The van der Waals surface area contributed by atoms with Crippen LogP contribution in [0.3, 0.4) is 0 Å². The maximum Gasteiger partial charge on any atom is 0.0954 e. The molecule has 0 amide bonds. The Labute approximate surface area is 144 Å². The summed E-state index contributed by atoms with van der Waals surface area (Å²) in [7, 11) is 1.02. The zero-order valence-electron chi connectivity index (χ0n) is 13.7. The molecule has 3 rings (SSSR count). The van der Waals surface area contributed by atoms with Crippen LogP contribution in [0.25, 0.3) is 0 Å². The zero-order chi connectivity index (χ0) is 16.8. The normalized spacial score (nSPS) is 18.0. The lowest BCUT2D eigenvalue weighted by Gasteiger charge is -2.33. The number of methoxy groups -OCH3 is 1. The first-order valence-electron chi connectivity index (χ1n) is 8.04. The third kappa shape index (κ3) is 3.49. The number of nitrogens with zero attached hydrogens (tertiary/aromatic N) is 1. The molecule has 0 aliphatic heterocycles. The van der Waals surface area contributed by atoms with E-state index in [-0.39, 0.29) is 11.8 Å². The van der Waals surface area contributed by atoms with Crippen LogP contribution < -0.4 is 10.6 Å². The van der Waals surface area contributed by atoms with Gasteiger partial charge in [0, 0.05) is 18.6 Å². The molecule has 2 atom stereocenters. The largest absolute Gasteiger partial charge is 0.375 e. The minimum Gasteiger partial charge on any atom is -0.375 e. The number of benzene rings is 2. The Balaban J connectivity index is 2.07. The molecule has 2 aromatic rings. The molecular formula is C21H20NOP. The molecule has 0 N–H and O–H groups in total. The molecule has 1 aliphatic carbocycles. The van der Waals surface area contributed by atoms with Crippen LogP contribution in [0.2, 0.25) is 0 Å². The zero-order valence-corrected chi connectivity index (χ0v) is 14.6. The van der Waals surface area contributed by atoms with Gasteiger partial charge in [0.2, 0.25) is 0 Å². The van der Waals surface area contributed by atoms with Gasteiger partial charge in [-0.1, -0.05) is 78.9 Å².